The highest BCUT2D eigenvalue weighted by Gasteiger charge is 2.11. The first-order chi connectivity index (χ1) is 6.29. The van der Waals surface area contributed by atoms with E-state index in [1.54, 1.807) is 19.4 Å². The molecule has 1 rings (SSSR count). The molecule has 70 valence electrons. The van der Waals surface area contributed by atoms with Gasteiger partial charge in [0.1, 0.15) is 0 Å². The Kier molecular flexibility index (Phi) is 3.77. The molecule has 0 radical (unpaired) electrons. The molecule has 1 atom stereocenters. The maximum atomic E-state index is 6.10. The molecule has 1 unspecified atom stereocenters. The van der Waals surface area contributed by atoms with Gasteiger partial charge in [0.05, 0.1) is 12.5 Å². The van der Waals surface area contributed by atoms with Gasteiger partial charge in [-0.05, 0) is 12.5 Å². The van der Waals surface area contributed by atoms with E-state index in [1.807, 2.05) is 12.1 Å². The van der Waals surface area contributed by atoms with E-state index in [9.17, 15) is 0 Å². The Morgan fingerprint density at radius 3 is 3.15 bits per heavy atom. The Bertz CT molecular complexity index is 288. The van der Waals surface area contributed by atoms with Gasteiger partial charge in [0.15, 0.2) is 0 Å². The number of rotatable bonds is 4. The molecule has 1 heterocycles. The van der Waals surface area contributed by atoms with E-state index in [-0.39, 0.29) is 5.38 Å². The number of aromatic nitrogens is 1. The molecule has 1 aromatic rings. The van der Waals surface area contributed by atoms with Gasteiger partial charge in [-0.3, -0.25) is 0 Å². The zero-order valence-electron chi connectivity index (χ0n) is 7.53. The van der Waals surface area contributed by atoms with Gasteiger partial charge in [0.25, 0.3) is 0 Å². The fraction of sp³-hybridized carbons (Fsp3) is 0.300. The third-order valence-electron chi connectivity index (χ3n) is 1.71. The minimum absolute atomic E-state index is 0.110. The molecule has 1 aromatic heterocycles. The summed E-state index contributed by atoms with van der Waals surface area (Å²) < 4.78 is 5.08. The van der Waals surface area contributed by atoms with E-state index in [1.165, 1.54) is 0 Å². The molecule has 0 spiro atoms. The second-order valence-electron chi connectivity index (χ2n) is 2.59. The van der Waals surface area contributed by atoms with Gasteiger partial charge < -0.3 is 4.74 Å². The highest BCUT2D eigenvalue weighted by Crippen LogP contribution is 2.30. The van der Waals surface area contributed by atoms with E-state index in [2.05, 4.69) is 11.6 Å². The van der Waals surface area contributed by atoms with Crippen molar-refractivity contribution in [1.82, 2.24) is 4.98 Å². The van der Waals surface area contributed by atoms with Crippen LogP contribution in [-0.2, 0) is 0 Å². The molecular weight excluding hydrogens is 186 g/mol. The van der Waals surface area contributed by atoms with Crippen molar-refractivity contribution in [3.05, 3.63) is 36.5 Å². The fourth-order valence-corrected chi connectivity index (χ4v) is 1.38. The molecule has 0 aliphatic heterocycles. The third kappa shape index (κ3) is 2.46. The Morgan fingerprint density at radius 1 is 1.77 bits per heavy atom. The Balaban J connectivity index is 2.91. The first-order valence-electron chi connectivity index (χ1n) is 4.03. The van der Waals surface area contributed by atoms with Crippen molar-refractivity contribution in [1.29, 1.82) is 0 Å². The summed E-state index contributed by atoms with van der Waals surface area (Å²) in [5, 5.41) is -0.110. The number of hydrogen-bond acceptors (Lipinski definition) is 2. The summed E-state index contributed by atoms with van der Waals surface area (Å²) in [6, 6.07) is 3.75. The Morgan fingerprint density at radius 2 is 2.54 bits per heavy atom. The van der Waals surface area contributed by atoms with Crippen molar-refractivity contribution in [3.8, 4) is 5.88 Å². The number of halogens is 1. The predicted molar refractivity (Wildman–Crippen MR) is 54.2 cm³/mol. The summed E-state index contributed by atoms with van der Waals surface area (Å²) in [5.74, 6) is 0.587. The van der Waals surface area contributed by atoms with Gasteiger partial charge in [-0.25, -0.2) is 4.98 Å². The SMILES string of the molecule is C=CCC(Cl)c1cccnc1OC. The number of methoxy groups -OCH3 is 1. The monoisotopic (exact) mass is 197 g/mol. The molecule has 13 heavy (non-hydrogen) atoms. The lowest BCUT2D eigenvalue weighted by Gasteiger charge is -2.10. The van der Waals surface area contributed by atoms with Crippen LogP contribution in [0.2, 0.25) is 0 Å². The van der Waals surface area contributed by atoms with Crippen LogP contribution in [0.3, 0.4) is 0 Å². The van der Waals surface area contributed by atoms with Crippen LogP contribution < -0.4 is 4.74 Å². The average Bonchev–Trinajstić information content (AvgIpc) is 2.18. The van der Waals surface area contributed by atoms with Crippen molar-refractivity contribution < 1.29 is 4.74 Å². The van der Waals surface area contributed by atoms with E-state index < -0.39 is 0 Å². The lowest BCUT2D eigenvalue weighted by atomic mass is 10.1. The Hall–Kier alpha value is -1.02. The minimum Gasteiger partial charge on any atom is -0.481 e. The zero-order valence-corrected chi connectivity index (χ0v) is 8.29. The van der Waals surface area contributed by atoms with Crippen LogP contribution in [-0.4, -0.2) is 12.1 Å². The fourth-order valence-electron chi connectivity index (χ4n) is 1.09. The van der Waals surface area contributed by atoms with Crippen molar-refractivity contribution >= 4 is 11.6 Å². The predicted octanol–water partition coefficient (Wildman–Crippen LogP) is 2.95. The number of allylic oxidation sites excluding steroid dienone is 1. The maximum Gasteiger partial charge on any atom is 0.217 e. The first kappa shape index (κ1) is 10.1. The van der Waals surface area contributed by atoms with Crippen LogP contribution in [0, 0.1) is 0 Å². The molecule has 3 heteroatoms. The van der Waals surface area contributed by atoms with Gasteiger partial charge >= 0.3 is 0 Å². The number of nitrogens with zero attached hydrogens (tertiary/aromatic N) is 1. The normalized spacial score (nSPS) is 12.2. The molecule has 0 saturated carbocycles. The average molecular weight is 198 g/mol. The summed E-state index contributed by atoms with van der Waals surface area (Å²) in [4.78, 5) is 4.06. The molecule has 0 amide bonds. The highest BCUT2D eigenvalue weighted by atomic mass is 35.5. The van der Waals surface area contributed by atoms with Crippen LogP contribution in [0.25, 0.3) is 0 Å². The summed E-state index contributed by atoms with van der Waals surface area (Å²) in [6.45, 7) is 3.64. The van der Waals surface area contributed by atoms with E-state index in [0.29, 0.717) is 12.3 Å². The molecule has 0 aliphatic rings. The van der Waals surface area contributed by atoms with Crippen LogP contribution >= 0.6 is 11.6 Å². The third-order valence-corrected chi connectivity index (χ3v) is 2.12. The first-order valence-corrected chi connectivity index (χ1v) is 4.47. The van der Waals surface area contributed by atoms with Gasteiger partial charge in [0, 0.05) is 11.8 Å². The second-order valence-corrected chi connectivity index (χ2v) is 3.12. The molecule has 0 N–H and O–H groups in total. The summed E-state index contributed by atoms with van der Waals surface area (Å²) in [7, 11) is 1.59. The number of ether oxygens (including phenoxy) is 1. The minimum atomic E-state index is -0.110. The summed E-state index contributed by atoms with van der Waals surface area (Å²) in [6.07, 6.45) is 4.17. The number of pyridine rings is 1. The second kappa shape index (κ2) is 4.87. The molecule has 0 saturated heterocycles. The van der Waals surface area contributed by atoms with Crippen LogP contribution in [0.15, 0.2) is 31.0 Å². The van der Waals surface area contributed by atoms with Crippen LogP contribution in [0.1, 0.15) is 17.4 Å². The van der Waals surface area contributed by atoms with Crippen molar-refractivity contribution in [2.75, 3.05) is 7.11 Å². The highest BCUT2D eigenvalue weighted by molar-refractivity contribution is 6.21. The molecule has 0 aromatic carbocycles. The standard InChI is InChI=1S/C10H12ClNO/c1-3-5-9(11)8-6-4-7-12-10(8)13-2/h3-4,6-7,9H,1,5H2,2H3. The molecule has 0 bridgehead atoms. The zero-order chi connectivity index (χ0) is 9.68. The van der Waals surface area contributed by atoms with Gasteiger partial charge in [-0.15, -0.1) is 18.2 Å². The molecule has 2 nitrogen and oxygen atoms in total. The van der Waals surface area contributed by atoms with Gasteiger partial charge in [0.2, 0.25) is 5.88 Å². The summed E-state index contributed by atoms with van der Waals surface area (Å²) in [5.41, 5.74) is 0.909. The topological polar surface area (TPSA) is 22.1 Å². The lowest BCUT2D eigenvalue weighted by Crippen LogP contribution is -1.96. The largest absolute Gasteiger partial charge is 0.481 e. The van der Waals surface area contributed by atoms with Crippen molar-refractivity contribution in [2.24, 2.45) is 0 Å². The lowest BCUT2D eigenvalue weighted by molar-refractivity contribution is 0.392. The van der Waals surface area contributed by atoms with Crippen molar-refractivity contribution in [2.45, 2.75) is 11.8 Å². The maximum absolute atomic E-state index is 6.10. The van der Waals surface area contributed by atoms with Gasteiger partial charge in [-0.1, -0.05) is 12.1 Å². The quantitative estimate of drug-likeness (QED) is 0.547. The van der Waals surface area contributed by atoms with E-state index in [0.717, 1.165) is 5.56 Å². The number of alkyl halides is 1. The molecule has 0 fully saturated rings. The van der Waals surface area contributed by atoms with Crippen LogP contribution in [0.5, 0.6) is 5.88 Å². The van der Waals surface area contributed by atoms with Crippen molar-refractivity contribution in [3.63, 3.8) is 0 Å². The van der Waals surface area contributed by atoms with E-state index in [4.69, 9.17) is 16.3 Å². The molecular formula is C10H12ClNO. The smallest absolute Gasteiger partial charge is 0.217 e. The van der Waals surface area contributed by atoms with Crippen LogP contribution in [0.4, 0.5) is 0 Å². The summed E-state index contributed by atoms with van der Waals surface area (Å²) >= 11 is 6.10. The van der Waals surface area contributed by atoms with Gasteiger partial charge in [-0.2, -0.15) is 0 Å². The van der Waals surface area contributed by atoms with E-state index >= 15 is 0 Å². The number of hydrogen-bond donors (Lipinski definition) is 0. The molecule has 0 aliphatic carbocycles. The Labute approximate surface area is 83.2 Å².